The fourth-order valence-electron chi connectivity index (χ4n) is 0.275. The molecular formula is C6H15NO5S. The van der Waals surface area contributed by atoms with Crippen LogP contribution in [0.15, 0.2) is 0 Å². The van der Waals surface area contributed by atoms with Gasteiger partial charge in [0.25, 0.3) is 10.1 Å². The van der Waals surface area contributed by atoms with E-state index in [9.17, 15) is 13.2 Å². The van der Waals surface area contributed by atoms with E-state index in [1.54, 1.807) is 6.92 Å². The van der Waals surface area contributed by atoms with Gasteiger partial charge in [0.15, 0.2) is 0 Å². The Morgan fingerprint density at radius 1 is 1.62 bits per heavy atom. The van der Waals surface area contributed by atoms with Crippen LogP contribution in [0.3, 0.4) is 0 Å². The molecule has 1 atom stereocenters. The SMILES string of the molecule is COS(C)(=O)=O.C[C@@H](N)CC(=O)O. The number of hydrogen-bond acceptors (Lipinski definition) is 5. The maximum Gasteiger partial charge on any atom is 0.304 e. The summed E-state index contributed by atoms with van der Waals surface area (Å²) < 4.78 is 23.5. The van der Waals surface area contributed by atoms with Crippen molar-refractivity contribution >= 4 is 16.1 Å². The molecule has 0 aromatic heterocycles. The zero-order chi connectivity index (χ0) is 11.1. The number of aliphatic carboxylic acids is 1. The van der Waals surface area contributed by atoms with E-state index < -0.39 is 16.1 Å². The van der Waals surface area contributed by atoms with E-state index in [4.69, 9.17) is 10.8 Å². The molecule has 13 heavy (non-hydrogen) atoms. The smallest absolute Gasteiger partial charge is 0.304 e. The molecule has 0 unspecified atom stereocenters. The van der Waals surface area contributed by atoms with Crippen LogP contribution in [-0.4, -0.2) is 38.9 Å². The molecule has 7 heteroatoms. The van der Waals surface area contributed by atoms with E-state index in [0.717, 1.165) is 13.4 Å². The predicted octanol–water partition coefficient (Wildman–Crippen LogP) is -0.599. The first-order valence-corrected chi connectivity index (χ1v) is 5.23. The molecule has 0 aliphatic carbocycles. The molecule has 0 fully saturated rings. The van der Waals surface area contributed by atoms with Gasteiger partial charge in [-0.15, -0.1) is 0 Å². The fourth-order valence-corrected chi connectivity index (χ4v) is 0.275. The summed E-state index contributed by atoms with van der Waals surface area (Å²) in [5.74, 6) is -0.838. The number of carboxylic acids is 1. The highest BCUT2D eigenvalue weighted by molar-refractivity contribution is 7.85. The minimum absolute atomic E-state index is 0.0556. The van der Waals surface area contributed by atoms with Crippen molar-refractivity contribution in [2.75, 3.05) is 13.4 Å². The molecule has 0 saturated carbocycles. The summed E-state index contributed by atoms with van der Waals surface area (Å²) in [4.78, 5) is 9.73. The maximum atomic E-state index is 9.78. The summed E-state index contributed by atoms with van der Waals surface area (Å²) in [7, 11) is -2.04. The highest BCUT2D eigenvalue weighted by Gasteiger charge is 1.98. The van der Waals surface area contributed by atoms with E-state index >= 15 is 0 Å². The topological polar surface area (TPSA) is 107 Å². The normalized spacial score (nSPS) is 12.6. The van der Waals surface area contributed by atoms with Crippen molar-refractivity contribution in [2.45, 2.75) is 19.4 Å². The number of carboxylic acid groups (broad SMARTS) is 1. The summed E-state index contributed by atoms with van der Waals surface area (Å²) in [6.07, 6.45) is 1.05. The molecule has 0 heterocycles. The second kappa shape index (κ2) is 6.81. The largest absolute Gasteiger partial charge is 0.481 e. The zero-order valence-electron chi connectivity index (χ0n) is 7.85. The van der Waals surface area contributed by atoms with Crippen LogP contribution in [0.2, 0.25) is 0 Å². The van der Waals surface area contributed by atoms with Crippen molar-refractivity contribution in [1.82, 2.24) is 0 Å². The van der Waals surface area contributed by atoms with Crippen LogP contribution in [0.4, 0.5) is 0 Å². The van der Waals surface area contributed by atoms with Crippen molar-refractivity contribution < 1.29 is 22.5 Å². The third-order valence-electron chi connectivity index (χ3n) is 0.799. The van der Waals surface area contributed by atoms with E-state index in [0.29, 0.717) is 0 Å². The highest BCUT2D eigenvalue weighted by atomic mass is 32.2. The Labute approximate surface area is 77.8 Å². The molecule has 0 spiro atoms. The number of rotatable bonds is 3. The lowest BCUT2D eigenvalue weighted by Gasteiger charge is -1.95. The average molecular weight is 213 g/mol. The molecule has 0 radical (unpaired) electrons. The van der Waals surface area contributed by atoms with Gasteiger partial charge in [-0.05, 0) is 6.92 Å². The van der Waals surface area contributed by atoms with Crippen molar-refractivity contribution in [3.8, 4) is 0 Å². The van der Waals surface area contributed by atoms with Gasteiger partial charge < -0.3 is 10.8 Å². The molecule has 0 aromatic carbocycles. The van der Waals surface area contributed by atoms with Crippen LogP contribution in [0.5, 0.6) is 0 Å². The minimum atomic E-state index is -3.16. The van der Waals surface area contributed by atoms with Crippen LogP contribution in [0, 0.1) is 0 Å². The molecule has 0 bridgehead atoms. The Bertz CT molecular complexity index is 233. The quantitative estimate of drug-likeness (QED) is 0.606. The molecular weight excluding hydrogens is 198 g/mol. The molecule has 0 rings (SSSR count). The molecule has 0 aliphatic rings. The van der Waals surface area contributed by atoms with Gasteiger partial charge in [0, 0.05) is 6.04 Å². The van der Waals surface area contributed by atoms with Gasteiger partial charge in [0.1, 0.15) is 0 Å². The van der Waals surface area contributed by atoms with E-state index in [1.807, 2.05) is 0 Å². The third-order valence-corrected chi connectivity index (χ3v) is 1.40. The lowest BCUT2D eigenvalue weighted by Crippen LogP contribution is -2.18. The third kappa shape index (κ3) is 24.6. The number of hydrogen-bond donors (Lipinski definition) is 2. The summed E-state index contributed by atoms with van der Waals surface area (Å²) >= 11 is 0. The Morgan fingerprint density at radius 2 is 1.92 bits per heavy atom. The van der Waals surface area contributed by atoms with Gasteiger partial charge in [0.05, 0.1) is 19.8 Å². The molecule has 0 aromatic rings. The Morgan fingerprint density at radius 3 is 1.92 bits per heavy atom. The summed E-state index contributed by atoms with van der Waals surface area (Å²) in [6, 6.07) is -0.225. The molecule has 6 nitrogen and oxygen atoms in total. The summed E-state index contributed by atoms with van der Waals surface area (Å²) in [5, 5.41) is 8.00. The number of carbonyl (C=O) groups is 1. The van der Waals surface area contributed by atoms with Crippen molar-refractivity contribution in [2.24, 2.45) is 5.73 Å². The minimum Gasteiger partial charge on any atom is -0.481 e. The highest BCUT2D eigenvalue weighted by Crippen LogP contribution is 1.82. The van der Waals surface area contributed by atoms with Crippen molar-refractivity contribution in [3.05, 3.63) is 0 Å². The monoisotopic (exact) mass is 213 g/mol. The first-order valence-electron chi connectivity index (χ1n) is 3.42. The number of nitrogens with two attached hydrogens (primary N) is 1. The van der Waals surface area contributed by atoms with Crippen LogP contribution in [0.25, 0.3) is 0 Å². The van der Waals surface area contributed by atoms with Gasteiger partial charge in [-0.1, -0.05) is 0 Å². The Hall–Kier alpha value is -0.660. The van der Waals surface area contributed by atoms with Crippen LogP contribution in [-0.2, 0) is 19.1 Å². The maximum absolute atomic E-state index is 9.78. The first kappa shape index (κ1) is 14.8. The van der Waals surface area contributed by atoms with Crippen LogP contribution in [0.1, 0.15) is 13.3 Å². The second-order valence-electron chi connectivity index (χ2n) is 2.45. The van der Waals surface area contributed by atoms with Crippen molar-refractivity contribution in [1.29, 1.82) is 0 Å². The summed E-state index contributed by atoms with van der Waals surface area (Å²) in [6.45, 7) is 1.66. The molecule has 3 N–H and O–H groups in total. The molecule has 0 amide bonds. The molecule has 0 aliphatic heterocycles. The van der Waals surface area contributed by atoms with Crippen molar-refractivity contribution in [3.63, 3.8) is 0 Å². The zero-order valence-corrected chi connectivity index (χ0v) is 8.67. The Balaban J connectivity index is 0. The van der Waals surface area contributed by atoms with Gasteiger partial charge in [-0.2, -0.15) is 8.42 Å². The fraction of sp³-hybridized carbons (Fsp3) is 0.833. The van der Waals surface area contributed by atoms with Gasteiger partial charge >= 0.3 is 5.97 Å². The summed E-state index contributed by atoms with van der Waals surface area (Å²) in [5.41, 5.74) is 5.11. The molecule has 0 saturated heterocycles. The molecule has 80 valence electrons. The van der Waals surface area contributed by atoms with E-state index in [2.05, 4.69) is 4.18 Å². The van der Waals surface area contributed by atoms with Gasteiger partial charge in [-0.3, -0.25) is 8.98 Å². The van der Waals surface area contributed by atoms with E-state index in [1.165, 1.54) is 0 Å². The van der Waals surface area contributed by atoms with Crippen LogP contribution >= 0.6 is 0 Å². The lowest BCUT2D eigenvalue weighted by atomic mass is 10.3. The first-order chi connectivity index (χ1) is 5.69. The average Bonchev–Trinajstić information content (AvgIpc) is 1.84. The predicted molar refractivity (Wildman–Crippen MR) is 47.8 cm³/mol. The lowest BCUT2D eigenvalue weighted by molar-refractivity contribution is -0.137. The standard InChI is InChI=1S/C4H9NO2.C2H6O3S/c1-3(5)2-4(6)7;1-5-6(2,3)4/h3H,2,5H2,1H3,(H,6,7);1-2H3/t3-;/m1./s1. The van der Waals surface area contributed by atoms with Crippen LogP contribution < -0.4 is 5.73 Å². The van der Waals surface area contributed by atoms with E-state index in [-0.39, 0.29) is 12.5 Å². The van der Waals surface area contributed by atoms with Gasteiger partial charge in [0.2, 0.25) is 0 Å². The van der Waals surface area contributed by atoms with Gasteiger partial charge in [-0.25, -0.2) is 0 Å². The Kier molecular flexibility index (Phi) is 7.78. The second-order valence-corrected chi connectivity index (χ2v) is 4.19.